The van der Waals surface area contributed by atoms with E-state index in [4.69, 9.17) is 21.1 Å². The van der Waals surface area contributed by atoms with Gasteiger partial charge in [0.25, 0.3) is 5.56 Å². The Labute approximate surface area is 150 Å². The number of amides is 1. The van der Waals surface area contributed by atoms with Crippen LogP contribution in [0.15, 0.2) is 15.7 Å². The van der Waals surface area contributed by atoms with E-state index in [1.807, 2.05) is 20.8 Å². The molecule has 1 aliphatic heterocycles. The van der Waals surface area contributed by atoms with Gasteiger partial charge < -0.3 is 14.4 Å². The van der Waals surface area contributed by atoms with Crippen molar-refractivity contribution in [1.29, 1.82) is 0 Å². The summed E-state index contributed by atoms with van der Waals surface area (Å²) in [5.74, 6) is 0. The standard InChI is InChI=1S/C16H24ClN3O5/c1-16(2,3)25-15(23)19-7-8-24-10-11(19)5-4-6-20-12(17)9-13(21)18-14(20)22/h9,11H,4-8,10H2,1-3H3,(H,18,21,22). The van der Waals surface area contributed by atoms with Gasteiger partial charge in [0, 0.05) is 19.2 Å². The summed E-state index contributed by atoms with van der Waals surface area (Å²) in [4.78, 5) is 39.2. The van der Waals surface area contributed by atoms with Crippen molar-refractivity contribution in [3.05, 3.63) is 32.1 Å². The van der Waals surface area contributed by atoms with E-state index < -0.39 is 16.9 Å². The topological polar surface area (TPSA) is 93.6 Å². The third kappa shape index (κ3) is 5.61. The summed E-state index contributed by atoms with van der Waals surface area (Å²) < 4.78 is 12.2. The number of halogens is 1. The molecule has 140 valence electrons. The first kappa shape index (κ1) is 19.5. The van der Waals surface area contributed by atoms with E-state index in [0.717, 1.165) is 0 Å². The van der Waals surface area contributed by atoms with Crippen LogP contribution in [0.5, 0.6) is 0 Å². The molecule has 0 saturated carbocycles. The summed E-state index contributed by atoms with van der Waals surface area (Å²) in [5.41, 5.74) is -1.62. The SMILES string of the molecule is CC(C)(C)OC(=O)N1CCOCC1CCCn1c(Cl)cc(=O)[nH]c1=O. The number of hydrogen-bond acceptors (Lipinski definition) is 5. The van der Waals surface area contributed by atoms with Gasteiger partial charge in [-0.25, -0.2) is 9.59 Å². The minimum absolute atomic E-state index is 0.0950. The van der Waals surface area contributed by atoms with Crippen LogP contribution in [0.1, 0.15) is 33.6 Å². The maximum absolute atomic E-state index is 12.3. The van der Waals surface area contributed by atoms with Crippen molar-refractivity contribution in [3.63, 3.8) is 0 Å². The Hall–Kier alpha value is -1.80. The summed E-state index contributed by atoms with van der Waals surface area (Å²) in [6.45, 7) is 7.18. The Kier molecular flexibility index (Phi) is 6.29. The molecule has 2 rings (SSSR count). The smallest absolute Gasteiger partial charge is 0.410 e. The van der Waals surface area contributed by atoms with Crippen LogP contribution in [0.4, 0.5) is 4.79 Å². The highest BCUT2D eigenvalue weighted by Gasteiger charge is 2.30. The number of hydrogen-bond donors (Lipinski definition) is 1. The monoisotopic (exact) mass is 373 g/mol. The van der Waals surface area contributed by atoms with Crippen molar-refractivity contribution < 1.29 is 14.3 Å². The van der Waals surface area contributed by atoms with E-state index in [2.05, 4.69) is 4.98 Å². The molecule has 1 aliphatic rings. The molecule has 1 aromatic rings. The van der Waals surface area contributed by atoms with Gasteiger partial charge in [0.15, 0.2) is 0 Å². The highest BCUT2D eigenvalue weighted by atomic mass is 35.5. The number of H-pyrrole nitrogens is 1. The van der Waals surface area contributed by atoms with Crippen molar-refractivity contribution in [2.75, 3.05) is 19.8 Å². The van der Waals surface area contributed by atoms with Crippen LogP contribution < -0.4 is 11.2 Å². The first-order chi connectivity index (χ1) is 11.7. The second kappa shape index (κ2) is 8.05. The van der Waals surface area contributed by atoms with Crippen LogP contribution in [0.2, 0.25) is 5.15 Å². The van der Waals surface area contributed by atoms with Crippen LogP contribution in [-0.4, -0.2) is 51.9 Å². The summed E-state index contributed by atoms with van der Waals surface area (Å²) in [7, 11) is 0. The fourth-order valence-corrected chi connectivity index (χ4v) is 2.90. The van der Waals surface area contributed by atoms with Crippen LogP contribution in [0.3, 0.4) is 0 Å². The largest absolute Gasteiger partial charge is 0.444 e. The third-order valence-electron chi connectivity index (χ3n) is 3.76. The van der Waals surface area contributed by atoms with Crippen molar-refractivity contribution in [1.82, 2.24) is 14.5 Å². The van der Waals surface area contributed by atoms with Gasteiger partial charge in [-0.15, -0.1) is 0 Å². The van der Waals surface area contributed by atoms with Crippen molar-refractivity contribution in [3.8, 4) is 0 Å². The molecular formula is C16H24ClN3O5. The van der Waals surface area contributed by atoms with E-state index >= 15 is 0 Å². The minimum atomic E-state index is -0.559. The number of aromatic nitrogens is 2. The molecule has 1 aromatic heterocycles. The lowest BCUT2D eigenvalue weighted by Crippen LogP contribution is -2.50. The fraction of sp³-hybridized carbons (Fsp3) is 0.688. The number of nitrogens with zero attached hydrogens (tertiary/aromatic N) is 2. The van der Waals surface area contributed by atoms with Gasteiger partial charge in [-0.3, -0.25) is 14.3 Å². The Morgan fingerprint density at radius 3 is 2.80 bits per heavy atom. The summed E-state index contributed by atoms with van der Waals surface area (Å²) in [6.07, 6.45) is 0.861. The number of carbonyl (C=O) groups excluding carboxylic acids is 1. The second-order valence-electron chi connectivity index (χ2n) is 6.96. The van der Waals surface area contributed by atoms with Crippen molar-refractivity contribution in [2.24, 2.45) is 0 Å². The van der Waals surface area contributed by atoms with E-state index in [1.54, 1.807) is 4.90 Å². The molecule has 1 saturated heterocycles. The zero-order valence-electron chi connectivity index (χ0n) is 14.7. The van der Waals surface area contributed by atoms with Crippen LogP contribution in [0, 0.1) is 0 Å². The maximum atomic E-state index is 12.3. The van der Waals surface area contributed by atoms with Gasteiger partial charge in [0.05, 0.1) is 19.3 Å². The van der Waals surface area contributed by atoms with Gasteiger partial charge in [-0.05, 0) is 33.6 Å². The number of rotatable bonds is 4. The first-order valence-electron chi connectivity index (χ1n) is 8.24. The normalized spacial score (nSPS) is 18.2. The van der Waals surface area contributed by atoms with E-state index in [-0.39, 0.29) is 17.3 Å². The molecule has 0 bridgehead atoms. The summed E-state index contributed by atoms with van der Waals surface area (Å²) >= 11 is 5.94. The quantitative estimate of drug-likeness (QED) is 0.809. The molecular weight excluding hydrogens is 350 g/mol. The van der Waals surface area contributed by atoms with Crippen LogP contribution in [0.25, 0.3) is 0 Å². The lowest BCUT2D eigenvalue weighted by molar-refractivity contribution is -0.0345. The molecule has 8 nitrogen and oxygen atoms in total. The van der Waals surface area contributed by atoms with Crippen molar-refractivity contribution in [2.45, 2.75) is 51.8 Å². The average molecular weight is 374 g/mol. The van der Waals surface area contributed by atoms with Gasteiger partial charge in [-0.2, -0.15) is 0 Å². The van der Waals surface area contributed by atoms with Crippen molar-refractivity contribution >= 4 is 17.7 Å². The van der Waals surface area contributed by atoms with E-state index in [0.29, 0.717) is 39.1 Å². The molecule has 0 radical (unpaired) electrons. The lowest BCUT2D eigenvalue weighted by Gasteiger charge is -2.36. The minimum Gasteiger partial charge on any atom is -0.444 e. The molecule has 1 unspecified atom stereocenters. The third-order valence-corrected chi connectivity index (χ3v) is 4.07. The molecule has 0 aromatic carbocycles. The Morgan fingerprint density at radius 1 is 1.44 bits per heavy atom. The Bertz CT molecular complexity index is 722. The molecule has 0 aliphatic carbocycles. The molecule has 0 spiro atoms. The molecule has 1 N–H and O–H groups in total. The molecule has 1 atom stereocenters. The van der Waals surface area contributed by atoms with Gasteiger partial charge in [-0.1, -0.05) is 11.6 Å². The summed E-state index contributed by atoms with van der Waals surface area (Å²) in [5, 5.41) is 0.0950. The van der Waals surface area contributed by atoms with Gasteiger partial charge in [0.1, 0.15) is 10.8 Å². The molecule has 25 heavy (non-hydrogen) atoms. The number of ether oxygens (including phenoxy) is 2. The average Bonchev–Trinajstić information content (AvgIpc) is 2.48. The first-order valence-corrected chi connectivity index (χ1v) is 8.62. The zero-order valence-corrected chi connectivity index (χ0v) is 15.5. The molecule has 1 fully saturated rings. The Morgan fingerprint density at radius 2 is 2.16 bits per heavy atom. The predicted molar refractivity (Wildman–Crippen MR) is 93.1 cm³/mol. The number of morpholine rings is 1. The Balaban J connectivity index is 1.97. The lowest BCUT2D eigenvalue weighted by atomic mass is 10.1. The van der Waals surface area contributed by atoms with Gasteiger partial charge in [0.2, 0.25) is 0 Å². The number of nitrogens with one attached hydrogen (secondary N) is 1. The second-order valence-corrected chi connectivity index (χ2v) is 7.35. The van der Waals surface area contributed by atoms with E-state index in [1.165, 1.54) is 10.6 Å². The van der Waals surface area contributed by atoms with Crippen LogP contribution in [-0.2, 0) is 16.0 Å². The zero-order chi connectivity index (χ0) is 18.6. The molecule has 1 amide bonds. The van der Waals surface area contributed by atoms with E-state index in [9.17, 15) is 14.4 Å². The maximum Gasteiger partial charge on any atom is 0.410 e. The number of carbonyl (C=O) groups is 1. The molecule has 2 heterocycles. The predicted octanol–water partition coefficient (Wildman–Crippen LogP) is 1.61. The summed E-state index contributed by atoms with van der Waals surface area (Å²) in [6, 6.07) is 1.04. The highest BCUT2D eigenvalue weighted by Crippen LogP contribution is 2.18. The fourth-order valence-electron chi connectivity index (χ4n) is 2.64. The molecule has 9 heteroatoms. The van der Waals surface area contributed by atoms with Crippen LogP contribution >= 0.6 is 11.6 Å². The van der Waals surface area contributed by atoms with Gasteiger partial charge >= 0.3 is 11.8 Å². The highest BCUT2D eigenvalue weighted by molar-refractivity contribution is 6.29. The number of aromatic amines is 1.